The number of hydrogen-bond donors (Lipinski definition) is 1. The van der Waals surface area contributed by atoms with E-state index in [9.17, 15) is 4.79 Å². The van der Waals surface area contributed by atoms with Crippen LogP contribution in [0.1, 0.15) is 25.0 Å². The molecular weight excluding hydrogens is 242 g/mol. The monoisotopic (exact) mass is 263 g/mol. The molecule has 1 aliphatic heterocycles. The summed E-state index contributed by atoms with van der Waals surface area (Å²) in [5.41, 5.74) is 0.924. The van der Waals surface area contributed by atoms with Crippen molar-refractivity contribution < 1.29 is 9.53 Å². The first-order chi connectivity index (χ1) is 9.29. The van der Waals surface area contributed by atoms with Crippen LogP contribution in [-0.4, -0.2) is 42.5 Å². The van der Waals surface area contributed by atoms with Gasteiger partial charge in [0.2, 0.25) is 11.8 Å². The van der Waals surface area contributed by atoms with Gasteiger partial charge in [-0.05, 0) is 18.9 Å². The van der Waals surface area contributed by atoms with Crippen molar-refractivity contribution in [1.82, 2.24) is 15.2 Å². The second-order valence-electron chi connectivity index (χ2n) is 4.69. The Morgan fingerprint density at radius 2 is 2.21 bits per heavy atom. The third-order valence-corrected chi connectivity index (χ3v) is 3.27. The molecule has 1 saturated heterocycles. The Bertz CT molecular complexity index is 417. The summed E-state index contributed by atoms with van der Waals surface area (Å²) in [4.78, 5) is 18.1. The molecule has 0 aromatic carbocycles. The molecule has 0 unspecified atom stereocenters. The Morgan fingerprint density at radius 3 is 2.95 bits per heavy atom. The second-order valence-corrected chi connectivity index (χ2v) is 4.69. The lowest BCUT2D eigenvalue weighted by Crippen LogP contribution is -2.30. The van der Waals surface area contributed by atoms with Crippen molar-refractivity contribution >= 4 is 5.91 Å². The van der Waals surface area contributed by atoms with Crippen LogP contribution >= 0.6 is 0 Å². The molecule has 0 atom stereocenters. The minimum absolute atomic E-state index is 0.253. The lowest BCUT2D eigenvalue weighted by Gasteiger charge is -2.15. The Balaban J connectivity index is 1.67. The molecule has 2 heterocycles. The topological polar surface area (TPSA) is 54.5 Å². The van der Waals surface area contributed by atoms with E-state index in [0.29, 0.717) is 25.4 Å². The zero-order chi connectivity index (χ0) is 13.5. The van der Waals surface area contributed by atoms with Gasteiger partial charge in [0.25, 0.3) is 0 Å². The summed E-state index contributed by atoms with van der Waals surface area (Å²) < 4.78 is 5.07. The fraction of sp³-hybridized carbons (Fsp3) is 0.571. The normalized spacial score (nSPS) is 14.7. The van der Waals surface area contributed by atoms with Gasteiger partial charge in [0, 0.05) is 38.7 Å². The summed E-state index contributed by atoms with van der Waals surface area (Å²) in [6.45, 7) is 3.20. The highest BCUT2D eigenvalue weighted by atomic mass is 16.5. The van der Waals surface area contributed by atoms with Gasteiger partial charge < -0.3 is 15.0 Å². The Kier molecular flexibility index (Phi) is 5.15. The number of methoxy groups -OCH3 is 1. The van der Waals surface area contributed by atoms with Gasteiger partial charge in [0.1, 0.15) is 0 Å². The van der Waals surface area contributed by atoms with Gasteiger partial charge >= 0.3 is 0 Å². The number of carbonyl (C=O) groups excluding carboxylic acids is 1. The molecule has 1 aromatic rings. The van der Waals surface area contributed by atoms with Crippen molar-refractivity contribution in [1.29, 1.82) is 0 Å². The number of likely N-dealkylation sites (tertiary alicyclic amines) is 1. The lowest BCUT2D eigenvalue weighted by atomic mass is 10.3. The highest BCUT2D eigenvalue weighted by Crippen LogP contribution is 2.09. The van der Waals surface area contributed by atoms with E-state index in [-0.39, 0.29) is 5.91 Å². The zero-order valence-corrected chi connectivity index (χ0v) is 11.4. The fourth-order valence-corrected chi connectivity index (χ4v) is 2.21. The van der Waals surface area contributed by atoms with Gasteiger partial charge in [0.05, 0.1) is 12.8 Å². The zero-order valence-electron chi connectivity index (χ0n) is 11.4. The summed E-state index contributed by atoms with van der Waals surface area (Å²) >= 11 is 0. The third-order valence-electron chi connectivity index (χ3n) is 3.27. The maximum Gasteiger partial charge on any atom is 0.223 e. The average molecular weight is 263 g/mol. The van der Waals surface area contributed by atoms with E-state index < -0.39 is 0 Å². The molecule has 5 nitrogen and oxygen atoms in total. The smallest absolute Gasteiger partial charge is 0.223 e. The minimum atomic E-state index is 0.253. The van der Waals surface area contributed by atoms with Crippen LogP contribution in [0.5, 0.6) is 5.88 Å². The van der Waals surface area contributed by atoms with Crippen molar-refractivity contribution in [2.75, 3.05) is 26.7 Å². The Labute approximate surface area is 114 Å². The minimum Gasteiger partial charge on any atom is -0.481 e. The van der Waals surface area contributed by atoms with Crippen LogP contribution in [0.15, 0.2) is 18.2 Å². The fourth-order valence-electron chi connectivity index (χ4n) is 2.21. The van der Waals surface area contributed by atoms with Crippen LogP contribution in [0, 0.1) is 0 Å². The van der Waals surface area contributed by atoms with Gasteiger partial charge in [-0.25, -0.2) is 4.98 Å². The van der Waals surface area contributed by atoms with Gasteiger partial charge in [-0.3, -0.25) is 4.79 Å². The molecule has 1 aromatic heterocycles. The lowest BCUT2D eigenvalue weighted by molar-refractivity contribution is -0.130. The SMILES string of the molecule is COc1cccc(CNCCC(=O)N2CCCC2)n1. The van der Waals surface area contributed by atoms with Crippen LogP contribution < -0.4 is 10.1 Å². The number of ether oxygens (including phenoxy) is 1. The summed E-state index contributed by atoms with van der Waals surface area (Å²) in [7, 11) is 1.61. The van der Waals surface area contributed by atoms with Crippen molar-refractivity contribution in [2.45, 2.75) is 25.8 Å². The van der Waals surface area contributed by atoms with Crippen molar-refractivity contribution in [3.8, 4) is 5.88 Å². The van der Waals surface area contributed by atoms with Gasteiger partial charge in [-0.1, -0.05) is 6.07 Å². The van der Waals surface area contributed by atoms with Crippen LogP contribution in [0.4, 0.5) is 0 Å². The van der Waals surface area contributed by atoms with E-state index in [0.717, 1.165) is 31.6 Å². The predicted molar refractivity (Wildman–Crippen MR) is 72.9 cm³/mol. The van der Waals surface area contributed by atoms with Crippen LogP contribution in [0.25, 0.3) is 0 Å². The summed E-state index contributed by atoms with van der Waals surface area (Å²) in [6, 6.07) is 5.68. The summed E-state index contributed by atoms with van der Waals surface area (Å²) in [5.74, 6) is 0.871. The third kappa shape index (κ3) is 4.21. The molecule has 0 aliphatic carbocycles. The number of amides is 1. The number of nitrogens with zero attached hydrogens (tertiary/aromatic N) is 2. The van der Waals surface area contributed by atoms with E-state index in [4.69, 9.17) is 4.74 Å². The number of rotatable bonds is 6. The van der Waals surface area contributed by atoms with Crippen LogP contribution in [-0.2, 0) is 11.3 Å². The first kappa shape index (κ1) is 13.8. The number of nitrogens with one attached hydrogen (secondary N) is 1. The largest absolute Gasteiger partial charge is 0.481 e. The van der Waals surface area contributed by atoms with Crippen molar-refractivity contribution in [2.24, 2.45) is 0 Å². The van der Waals surface area contributed by atoms with Gasteiger partial charge in [0.15, 0.2) is 0 Å². The maximum atomic E-state index is 11.8. The number of carbonyl (C=O) groups is 1. The molecule has 104 valence electrons. The molecule has 2 rings (SSSR count). The molecule has 1 fully saturated rings. The molecule has 1 N–H and O–H groups in total. The molecule has 0 bridgehead atoms. The van der Waals surface area contributed by atoms with Crippen LogP contribution in [0.2, 0.25) is 0 Å². The van der Waals surface area contributed by atoms with E-state index >= 15 is 0 Å². The van der Waals surface area contributed by atoms with Crippen LogP contribution in [0.3, 0.4) is 0 Å². The number of pyridine rings is 1. The van der Waals surface area contributed by atoms with Crippen molar-refractivity contribution in [3.63, 3.8) is 0 Å². The molecule has 0 radical (unpaired) electrons. The molecule has 0 spiro atoms. The number of aromatic nitrogens is 1. The van der Waals surface area contributed by atoms with Gasteiger partial charge in [-0.15, -0.1) is 0 Å². The molecular formula is C14H21N3O2. The van der Waals surface area contributed by atoms with E-state index in [1.807, 2.05) is 23.1 Å². The second kappa shape index (κ2) is 7.09. The molecule has 5 heteroatoms. The maximum absolute atomic E-state index is 11.8. The first-order valence-electron chi connectivity index (χ1n) is 6.78. The first-order valence-corrected chi connectivity index (χ1v) is 6.78. The standard InChI is InChI=1S/C14H21N3O2/c1-19-13-6-4-5-12(16-13)11-15-8-7-14(18)17-9-2-3-10-17/h4-6,15H,2-3,7-11H2,1H3. The van der Waals surface area contributed by atoms with Gasteiger partial charge in [-0.2, -0.15) is 0 Å². The quantitative estimate of drug-likeness (QED) is 0.783. The number of hydrogen-bond acceptors (Lipinski definition) is 4. The summed E-state index contributed by atoms with van der Waals surface area (Å²) in [6.07, 6.45) is 2.85. The van der Waals surface area contributed by atoms with E-state index in [1.165, 1.54) is 0 Å². The molecule has 0 saturated carbocycles. The predicted octanol–water partition coefficient (Wildman–Crippen LogP) is 1.19. The molecule has 19 heavy (non-hydrogen) atoms. The highest BCUT2D eigenvalue weighted by Gasteiger charge is 2.16. The average Bonchev–Trinajstić information content (AvgIpc) is 2.98. The molecule has 1 aliphatic rings. The summed E-state index contributed by atoms with van der Waals surface area (Å²) in [5, 5.41) is 3.24. The Hall–Kier alpha value is -1.62. The van der Waals surface area contributed by atoms with E-state index in [1.54, 1.807) is 7.11 Å². The van der Waals surface area contributed by atoms with E-state index in [2.05, 4.69) is 10.3 Å². The Morgan fingerprint density at radius 1 is 1.42 bits per heavy atom. The highest BCUT2D eigenvalue weighted by molar-refractivity contribution is 5.76. The van der Waals surface area contributed by atoms with Crippen molar-refractivity contribution in [3.05, 3.63) is 23.9 Å². The molecule has 1 amide bonds.